The zero-order valence-electron chi connectivity index (χ0n) is 8.21. The van der Waals surface area contributed by atoms with Gasteiger partial charge in [-0.25, -0.2) is 0 Å². The van der Waals surface area contributed by atoms with Crippen LogP contribution in [0.1, 0.15) is 19.8 Å². The summed E-state index contributed by atoms with van der Waals surface area (Å²) in [6, 6.07) is 0. The summed E-state index contributed by atoms with van der Waals surface area (Å²) in [5, 5.41) is 11.5. The minimum Gasteiger partial charge on any atom is -0.480 e. The molecule has 0 aromatic heterocycles. The van der Waals surface area contributed by atoms with Gasteiger partial charge in [0.05, 0.1) is 13.2 Å². The largest absolute Gasteiger partial charge is 0.480 e. The SMILES string of the molecule is CCCCNC(=O)C1(C(=O)O)COC1. The van der Waals surface area contributed by atoms with E-state index in [1.54, 1.807) is 0 Å². The van der Waals surface area contributed by atoms with E-state index in [4.69, 9.17) is 9.84 Å². The van der Waals surface area contributed by atoms with E-state index in [0.29, 0.717) is 6.54 Å². The molecule has 1 aliphatic heterocycles. The highest BCUT2D eigenvalue weighted by molar-refractivity contribution is 6.03. The summed E-state index contributed by atoms with van der Waals surface area (Å²) >= 11 is 0. The Balaban J connectivity index is 2.45. The van der Waals surface area contributed by atoms with E-state index >= 15 is 0 Å². The molecule has 0 unspecified atom stereocenters. The van der Waals surface area contributed by atoms with Crippen LogP contribution < -0.4 is 5.32 Å². The fraction of sp³-hybridized carbons (Fsp3) is 0.778. The Morgan fingerprint density at radius 3 is 2.50 bits per heavy atom. The molecule has 0 atom stereocenters. The van der Waals surface area contributed by atoms with Crippen LogP contribution in [0.3, 0.4) is 0 Å². The first-order chi connectivity index (χ1) is 6.63. The molecule has 5 heteroatoms. The first kappa shape index (κ1) is 11.0. The lowest BCUT2D eigenvalue weighted by Gasteiger charge is -2.35. The molecule has 1 saturated heterocycles. The number of aliphatic carboxylic acids is 1. The number of hydrogen-bond donors (Lipinski definition) is 2. The molecular formula is C9H15NO4. The highest BCUT2D eigenvalue weighted by atomic mass is 16.5. The van der Waals surface area contributed by atoms with Crippen LogP contribution >= 0.6 is 0 Å². The number of carboxylic acid groups (broad SMARTS) is 1. The minimum absolute atomic E-state index is 0.0136. The lowest BCUT2D eigenvalue weighted by Crippen LogP contribution is -2.59. The van der Waals surface area contributed by atoms with Crippen molar-refractivity contribution in [1.29, 1.82) is 0 Å². The second-order valence-electron chi connectivity index (χ2n) is 3.49. The maximum Gasteiger partial charge on any atom is 0.324 e. The topological polar surface area (TPSA) is 75.6 Å². The molecule has 0 spiro atoms. The Bertz CT molecular complexity index is 235. The number of carbonyl (C=O) groups is 2. The Hall–Kier alpha value is -1.10. The fourth-order valence-electron chi connectivity index (χ4n) is 1.21. The molecular weight excluding hydrogens is 186 g/mol. The zero-order chi connectivity index (χ0) is 10.6. The molecule has 5 nitrogen and oxygen atoms in total. The van der Waals surface area contributed by atoms with Gasteiger partial charge in [0, 0.05) is 6.54 Å². The smallest absolute Gasteiger partial charge is 0.324 e. The van der Waals surface area contributed by atoms with Crippen LogP contribution in [0.4, 0.5) is 0 Å². The molecule has 0 aliphatic carbocycles. The molecule has 0 radical (unpaired) electrons. The summed E-state index contributed by atoms with van der Waals surface area (Å²) < 4.78 is 4.79. The van der Waals surface area contributed by atoms with E-state index in [0.717, 1.165) is 12.8 Å². The standard InChI is InChI=1S/C9H15NO4/c1-2-3-4-10-7(11)9(8(12)13)5-14-6-9/h2-6H2,1H3,(H,10,11)(H,12,13). The number of nitrogens with one attached hydrogen (secondary N) is 1. The summed E-state index contributed by atoms with van der Waals surface area (Å²) in [5.41, 5.74) is -1.33. The third-order valence-electron chi connectivity index (χ3n) is 2.36. The molecule has 0 bridgehead atoms. The summed E-state index contributed by atoms with van der Waals surface area (Å²) in [6.07, 6.45) is 1.83. The molecule has 1 amide bonds. The average molecular weight is 201 g/mol. The predicted octanol–water partition coefficient (Wildman–Crippen LogP) is 0.00390. The molecule has 1 fully saturated rings. The van der Waals surface area contributed by atoms with Crippen molar-refractivity contribution in [3.8, 4) is 0 Å². The van der Waals surface area contributed by atoms with Crippen LogP contribution in [0.15, 0.2) is 0 Å². The molecule has 0 saturated carbocycles. The Kier molecular flexibility index (Phi) is 3.46. The van der Waals surface area contributed by atoms with Crippen LogP contribution in [0.2, 0.25) is 0 Å². The maximum atomic E-state index is 11.5. The second kappa shape index (κ2) is 4.41. The summed E-state index contributed by atoms with van der Waals surface area (Å²) in [4.78, 5) is 22.3. The number of carbonyl (C=O) groups excluding carboxylic acids is 1. The fourth-order valence-corrected chi connectivity index (χ4v) is 1.21. The van der Waals surface area contributed by atoms with Crippen LogP contribution in [0, 0.1) is 5.41 Å². The van der Waals surface area contributed by atoms with Gasteiger partial charge in [0.15, 0.2) is 5.41 Å². The quantitative estimate of drug-likeness (QED) is 0.485. The number of carboxylic acids is 1. The number of ether oxygens (including phenoxy) is 1. The summed E-state index contributed by atoms with van der Waals surface area (Å²) in [6.45, 7) is 2.51. The van der Waals surface area contributed by atoms with Crippen molar-refractivity contribution >= 4 is 11.9 Å². The van der Waals surface area contributed by atoms with Crippen molar-refractivity contribution in [1.82, 2.24) is 5.32 Å². The second-order valence-corrected chi connectivity index (χ2v) is 3.49. The third-order valence-corrected chi connectivity index (χ3v) is 2.36. The van der Waals surface area contributed by atoms with Gasteiger partial charge < -0.3 is 15.2 Å². The van der Waals surface area contributed by atoms with Gasteiger partial charge in [0.1, 0.15) is 0 Å². The van der Waals surface area contributed by atoms with E-state index in [1.165, 1.54) is 0 Å². The monoisotopic (exact) mass is 201 g/mol. The maximum absolute atomic E-state index is 11.5. The molecule has 1 aliphatic rings. The number of unbranched alkanes of at least 4 members (excludes halogenated alkanes) is 1. The lowest BCUT2D eigenvalue weighted by atomic mass is 9.85. The molecule has 0 aromatic carbocycles. The Labute approximate surface area is 82.4 Å². The van der Waals surface area contributed by atoms with Crippen molar-refractivity contribution in [2.75, 3.05) is 19.8 Å². The first-order valence-corrected chi connectivity index (χ1v) is 4.73. The molecule has 2 N–H and O–H groups in total. The first-order valence-electron chi connectivity index (χ1n) is 4.73. The van der Waals surface area contributed by atoms with Crippen LogP contribution in [-0.4, -0.2) is 36.7 Å². The zero-order valence-corrected chi connectivity index (χ0v) is 8.21. The van der Waals surface area contributed by atoms with Crippen molar-refractivity contribution in [2.24, 2.45) is 5.41 Å². The molecule has 0 aromatic rings. The van der Waals surface area contributed by atoms with Gasteiger partial charge in [0.2, 0.25) is 5.91 Å². The molecule has 14 heavy (non-hydrogen) atoms. The average Bonchev–Trinajstić information content (AvgIpc) is 2.01. The van der Waals surface area contributed by atoms with Crippen molar-refractivity contribution in [3.63, 3.8) is 0 Å². The van der Waals surface area contributed by atoms with E-state index < -0.39 is 17.3 Å². The van der Waals surface area contributed by atoms with E-state index in [-0.39, 0.29) is 13.2 Å². The van der Waals surface area contributed by atoms with Crippen LogP contribution in [0.25, 0.3) is 0 Å². The van der Waals surface area contributed by atoms with E-state index in [9.17, 15) is 9.59 Å². The highest BCUT2D eigenvalue weighted by Crippen LogP contribution is 2.27. The van der Waals surface area contributed by atoms with Crippen molar-refractivity contribution in [3.05, 3.63) is 0 Å². The van der Waals surface area contributed by atoms with Gasteiger partial charge in [-0.1, -0.05) is 13.3 Å². The van der Waals surface area contributed by atoms with E-state index in [1.807, 2.05) is 6.92 Å². The van der Waals surface area contributed by atoms with E-state index in [2.05, 4.69) is 5.32 Å². The van der Waals surface area contributed by atoms with Crippen LogP contribution in [0.5, 0.6) is 0 Å². The summed E-state index contributed by atoms with van der Waals surface area (Å²) in [5.74, 6) is -1.53. The molecule has 80 valence electrons. The van der Waals surface area contributed by atoms with Gasteiger partial charge >= 0.3 is 5.97 Å². The lowest BCUT2D eigenvalue weighted by molar-refractivity contribution is -0.185. The highest BCUT2D eigenvalue weighted by Gasteiger charge is 2.53. The summed E-state index contributed by atoms with van der Waals surface area (Å²) in [7, 11) is 0. The normalized spacial score (nSPS) is 18.4. The third kappa shape index (κ3) is 1.87. The van der Waals surface area contributed by atoms with Gasteiger partial charge in [-0.3, -0.25) is 9.59 Å². The van der Waals surface area contributed by atoms with Gasteiger partial charge in [-0.2, -0.15) is 0 Å². The van der Waals surface area contributed by atoms with Crippen LogP contribution in [-0.2, 0) is 14.3 Å². The van der Waals surface area contributed by atoms with Gasteiger partial charge in [-0.15, -0.1) is 0 Å². The van der Waals surface area contributed by atoms with Crippen molar-refractivity contribution < 1.29 is 19.4 Å². The Morgan fingerprint density at radius 1 is 1.50 bits per heavy atom. The number of rotatable bonds is 5. The Morgan fingerprint density at radius 2 is 2.14 bits per heavy atom. The molecule has 1 heterocycles. The van der Waals surface area contributed by atoms with Gasteiger partial charge in [-0.05, 0) is 6.42 Å². The minimum atomic E-state index is -1.33. The van der Waals surface area contributed by atoms with Gasteiger partial charge in [0.25, 0.3) is 0 Å². The molecule has 1 rings (SSSR count). The number of hydrogen-bond acceptors (Lipinski definition) is 3. The van der Waals surface area contributed by atoms with Crippen molar-refractivity contribution in [2.45, 2.75) is 19.8 Å². The predicted molar refractivity (Wildman–Crippen MR) is 48.8 cm³/mol. The number of amides is 1.